The molecule has 0 aliphatic carbocycles. The van der Waals surface area contributed by atoms with Crippen LogP contribution in [0.2, 0.25) is 5.54 Å². The Morgan fingerprint density at radius 2 is 1.90 bits per heavy atom. The minimum Gasteiger partial charge on any atom is -0.342 e. The van der Waals surface area contributed by atoms with Gasteiger partial charge in [0.15, 0.2) is 0 Å². The Morgan fingerprint density at radius 1 is 1.40 bits per heavy atom. The smallest absolute Gasteiger partial charge is 0.0949 e. The maximum absolute atomic E-state index is 3.49. The van der Waals surface area contributed by atoms with Gasteiger partial charge < -0.3 is 4.98 Å². The molecule has 0 fully saturated rings. The van der Waals surface area contributed by atoms with Crippen LogP contribution in [0, 0.1) is 5.41 Å². The van der Waals surface area contributed by atoms with Crippen LogP contribution < -0.4 is 4.98 Å². The maximum Gasteiger partial charge on any atom is 0.0949 e. The van der Waals surface area contributed by atoms with Crippen molar-refractivity contribution in [3.63, 3.8) is 0 Å². The van der Waals surface area contributed by atoms with E-state index in [4.69, 9.17) is 0 Å². The molecule has 2 heteroatoms. The standard InChI is InChI=1S/C8H21NSi/c1-6-9-10-7(2)8(3,4)5/h7,9H,6,10H2,1-5H3. The van der Waals surface area contributed by atoms with E-state index in [0.29, 0.717) is 5.41 Å². The van der Waals surface area contributed by atoms with E-state index in [0.717, 1.165) is 12.1 Å². The first-order chi connectivity index (χ1) is 4.48. The Hall–Kier alpha value is 0.177. The Kier molecular flexibility index (Phi) is 4.21. The first-order valence-electron chi connectivity index (χ1n) is 4.19. The van der Waals surface area contributed by atoms with Crippen molar-refractivity contribution in [2.24, 2.45) is 5.41 Å². The lowest BCUT2D eigenvalue weighted by molar-refractivity contribution is 0.392. The Bertz CT molecular complexity index is 85.7. The highest BCUT2D eigenvalue weighted by Gasteiger charge is 2.19. The van der Waals surface area contributed by atoms with Crippen molar-refractivity contribution in [2.75, 3.05) is 6.54 Å². The molecule has 0 aliphatic rings. The van der Waals surface area contributed by atoms with E-state index in [1.165, 1.54) is 0 Å². The monoisotopic (exact) mass is 159 g/mol. The number of rotatable bonds is 3. The van der Waals surface area contributed by atoms with E-state index in [-0.39, 0.29) is 9.68 Å². The molecule has 0 spiro atoms. The summed E-state index contributed by atoms with van der Waals surface area (Å²) < 4.78 is 0. The molecule has 1 nitrogen and oxygen atoms in total. The maximum atomic E-state index is 3.49. The molecule has 0 rings (SSSR count). The second kappa shape index (κ2) is 4.14. The summed E-state index contributed by atoms with van der Waals surface area (Å²) in [6.45, 7) is 12.6. The van der Waals surface area contributed by atoms with Gasteiger partial charge in [-0.3, -0.25) is 0 Å². The van der Waals surface area contributed by atoms with Crippen LogP contribution in [0.5, 0.6) is 0 Å². The van der Waals surface area contributed by atoms with Gasteiger partial charge in [0.1, 0.15) is 0 Å². The molecule has 0 saturated heterocycles. The lowest BCUT2D eigenvalue weighted by Gasteiger charge is -2.26. The summed E-state index contributed by atoms with van der Waals surface area (Å²) in [7, 11) is -0.0185. The quantitative estimate of drug-likeness (QED) is 0.616. The second-order valence-electron chi connectivity index (χ2n) is 4.07. The highest BCUT2D eigenvalue weighted by atomic mass is 28.2. The van der Waals surface area contributed by atoms with Gasteiger partial charge in [-0.1, -0.05) is 34.6 Å². The van der Waals surface area contributed by atoms with Crippen molar-refractivity contribution in [1.29, 1.82) is 0 Å². The van der Waals surface area contributed by atoms with Gasteiger partial charge in [-0.25, -0.2) is 0 Å². The minimum atomic E-state index is -0.0185. The van der Waals surface area contributed by atoms with Crippen molar-refractivity contribution in [1.82, 2.24) is 4.98 Å². The van der Waals surface area contributed by atoms with E-state index in [1.54, 1.807) is 0 Å². The zero-order valence-electron chi connectivity index (χ0n) is 7.99. The topological polar surface area (TPSA) is 12.0 Å². The first-order valence-corrected chi connectivity index (χ1v) is 5.71. The van der Waals surface area contributed by atoms with Gasteiger partial charge >= 0.3 is 0 Å². The molecule has 1 N–H and O–H groups in total. The van der Waals surface area contributed by atoms with E-state index in [1.807, 2.05) is 0 Å². The van der Waals surface area contributed by atoms with Gasteiger partial charge in [0.05, 0.1) is 9.68 Å². The largest absolute Gasteiger partial charge is 0.342 e. The van der Waals surface area contributed by atoms with Crippen LogP contribution >= 0.6 is 0 Å². The number of hydrogen-bond donors (Lipinski definition) is 1. The van der Waals surface area contributed by atoms with Crippen LogP contribution in [0.3, 0.4) is 0 Å². The lowest BCUT2D eigenvalue weighted by atomic mass is 9.93. The molecule has 0 aromatic carbocycles. The molecular weight excluding hydrogens is 138 g/mol. The van der Waals surface area contributed by atoms with Crippen LogP contribution in [-0.4, -0.2) is 16.2 Å². The van der Waals surface area contributed by atoms with Gasteiger partial charge in [0.25, 0.3) is 0 Å². The third-order valence-corrected chi connectivity index (χ3v) is 4.80. The number of hydrogen-bond acceptors (Lipinski definition) is 1. The second-order valence-corrected chi connectivity index (χ2v) is 6.21. The van der Waals surface area contributed by atoms with E-state index < -0.39 is 0 Å². The molecular formula is C8H21NSi. The predicted octanol–water partition coefficient (Wildman–Crippen LogP) is 1.53. The highest BCUT2D eigenvalue weighted by Crippen LogP contribution is 2.28. The van der Waals surface area contributed by atoms with Crippen molar-refractivity contribution in [3.8, 4) is 0 Å². The fourth-order valence-electron chi connectivity index (χ4n) is 0.667. The molecule has 62 valence electrons. The SMILES string of the molecule is CCN[SiH2]C(C)C(C)(C)C. The number of nitrogens with one attached hydrogen (secondary N) is 1. The predicted molar refractivity (Wildman–Crippen MR) is 51.1 cm³/mol. The molecule has 0 bridgehead atoms. The molecule has 0 radical (unpaired) electrons. The van der Waals surface area contributed by atoms with Gasteiger partial charge in [-0.05, 0) is 17.5 Å². The third-order valence-electron chi connectivity index (χ3n) is 2.18. The van der Waals surface area contributed by atoms with Gasteiger partial charge in [-0.2, -0.15) is 0 Å². The summed E-state index contributed by atoms with van der Waals surface area (Å²) in [5, 5.41) is 0. The molecule has 0 aliphatic heterocycles. The van der Waals surface area contributed by atoms with Crippen molar-refractivity contribution < 1.29 is 0 Å². The summed E-state index contributed by atoms with van der Waals surface area (Å²) in [5.41, 5.74) is 1.40. The summed E-state index contributed by atoms with van der Waals surface area (Å²) in [6.07, 6.45) is 0. The van der Waals surface area contributed by atoms with Crippen LogP contribution in [0.1, 0.15) is 34.6 Å². The minimum absolute atomic E-state index is 0.0185. The molecule has 0 aromatic heterocycles. The van der Waals surface area contributed by atoms with Crippen molar-refractivity contribution in [3.05, 3.63) is 0 Å². The van der Waals surface area contributed by atoms with E-state index in [2.05, 4.69) is 39.6 Å². The Labute approximate surface area is 67.5 Å². The molecule has 0 aromatic rings. The highest BCUT2D eigenvalue weighted by molar-refractivity contribution is 6.34. The Morgan fingerprint density at radius 3 is 2.20 bits per heavy atom. The molecule has 0 saturated carbocycles. The van der Waals surface area contributed by atoms with Gasteiger partial charge in [0, 0.05) is 0 Å². The van der Waals surface area contributed by atoms with E-state index >= 15 is 0 Å². The van der Waals surface area contributed by atoms with Gasteiger partial charge in [-0.15, -0.1) is 0 Å². The summed E-state index contributed by atoms with van der Waals surface area (Å²) >= 11 is 0. The lowest BCUT2D eigenvalue weighted by Crippen LogP contribution is -2.28. The van der Waals surface area contributed by atoms with Crippen LogP contribution in [0.4, 0.5) is 0 Å². The van der Waals surface area contributed by atoms with Crippen LogP contribution in [-0.2, 0) is 0 Å². The molecule has 0 amide bonds. The van der Waals surface area contributed by atoms with Crippen LogP contribution in [0.15, 0.2) is 0 Å². The average Bonchev–Trinajstić information content (AvgIpc) is 1.80. The molecule has 1 unspecified atom stereocenters. The summed E-state index contributed by atoms with van der Waals surface area (Å²) in [6, 6.07) is 0. The zero-order valence-corrected chi connectivity index (χ0v) is 9.41. The fraction of sp³-hybridized carbons (Fsp3) is 1.00. The van der Waals surface area contributed by atoms with Crippen LogP contribution in [0.25, 0.3) is 0 Å². The van der Waals surface area contributed by atoms with Crippen molar-refractivity contribution >= 4 is 9.68 Å². The molecule has 0 heterocycles. The first kappa shape index (κ1) is 10.2. The fourth-order valence-corrected chi connectivity index (χ4v) is 2.00. The van der Waals surface area contributed by atoms with E-state index in [9.17, 15) is 0 Å². The zero-order chi connectivity index (χ0) is 8.20. The molecule has 10 heavy (non-hydrogen) atoms. The molecule has 1 atom stereocenters. The summed E-state index contributed by atoms with van der Waals surface area (Å²) in [4.78, 5) is 3.49. The van der Waals surface area contributed by atoms with Gasteiger partial charge in [0.2, 0.25) is 0 Å². The Balaban J connectivity index is 3.52. The van der Waals surface area contributed by atoms with Crippen molar-refractivity contribution in [2.45, 2.75) is 40.2 Å². The average molecular weight is 159 g/mol. The summed E-state index contributed by atoms with van der Waals surface area (Å²) in [5.74, 6) is 0. The normalized spacial score (nSPS) is 16.5. The third kappa shape index (κ3) is 4.07.